The molecule has 2 amide bonds. The van der Waals surface area contributed by atoms with Crippen molar-refractivity contribution in [1.29, 1.82) is 0 Å². The highest BCUT2D eigenvalue weighted by Crippen LogP contribution is 2.25. The molecule has 3 rings (SSSR count). The van der Waals surface area contributed by atoms with Gasteiger partial charge in [0.05, 0.1) is 10.6 Å². The van der Waals surface area contributed by atoms with Gasteiger partial charge in [-0.3, -0.25) is 13.9 Å². The minimum atomic E-state index is -4.07. The number of carbonyl (C=O) groups excluding carboxylic acids is 2. The number of aryl methyl sites for hydroxylation is 2. The van der Waals surface area contributed by atoms with E-state index in [-0.39, 0.29) is 17.3 Å². The minimum Gasteiger partial charge on any atom is -0.350 e. The molecule has 0 heterocycles. The van der Waals surface area contributed by atoms with Crippen molar-refractivity contribution in [3.05, 3.63) is 95.6 Å². The Morgan fingerprint density at radius 3 is 2.13 bits per heavy atom. The van der Waals surface area contributed by atoms with Crippen LogP contribution in [-0.4, -0.2) is 43.3 Å². The first-order chi connectivity index (χ1) is 17.8. The molecule has 1 atom stereocenters. The van der Waals surface area contributed by atoms with Gasteiger partial charge < -0.3 is 10.2 Å². The van der Waals surface area contributed by atoms with Crippen LogP contribution in [-0.2, 0) is 26.2 Å². The van der Waals surface area contributed by atoms with Crippen molar-refractivity contribution >= 4 is 27.5 Å². The molecule has 0 unspecified atom stereocenters. The summed E-state index contributed by atoms with van der Waals surface area (Å²) in [6, 6.07) is 21.9. The second-order valence-electron chi connectivity index (χ2n) is 10.5. The van der Waals surface area contributed by atoms with Crippen LogP contribution in [0.2, 0.25) is 0 Å². The number of nitrogens with one attached hydrogen (secondary N) is 1. The van der Waals surface area contributed by atoms with Crippen LogP contribution in [0, 0.1) is 13.8 Å². The zero-order valence-electron chi connectivity index (χ0n) is 22.9. The van der Waals surface area contributed by atoms with Gasteiger partial charge in [-0.2, -0.15) is 0 Å². The topological polar surface area (TPSA) is 86.8 Å². The summed E-state index contributed by atoms with van der Waals surface area (Å²) in [5.41, 5.74) is 2.60. The summed E-state index contributed by atoms with van der Waals surface area (Å²) >= 11 is 0. The maximum absolute atomic E-state index is 14.0. The van der Waals surface area contributed by atoms with E-state index in [4.69, 9.17) is 0 Å². The Labute approximate surface area is 226 Å². The fourth-order valence-corrected chi connectivity index (χ4v) is 5.49. The average molecular weight is 536 g/mol. The summed E-state index contributed by atoms with van der Waals surface area (Å²) in [5, 5.41) is 2.94. The van der Waals surface area contributed by atoms with E-state index in [1.165, 1.54) is 17.0 Å². The Morgan fingerprint density at radius 1 is 0.895 bits per heavy atom. The zero-order chi connectivity index (χ0) is 28.1. The number of carbonyl (C=O) groups is 2. The standard InChI is InChI=1S/C30H37N3O4S/c1-22-13-12-16-26(19-22)33(38(36,37)27-17-8-7-9-18-27)21-28(34)32(20-25-15-11-10-14-23(25)2)24(3)29(35)31-30(4,5)6/h7-19,24H,20-21H2,1-6H3,(H,31,35)/t24-/m1/s1. The normalized spacial score (nSPS) is 12.5. The first kappa shape index (κ1) is 28.9. The number of rotatable bonds is 9. The molecule has 0 saturated carbocycles. The molecule has 0 saturated heterocycles. The number of nitrogens with zero attached hydrogens (tertiary/aromatic N) is 2. The number of sulfonamides is 1. The van der Waals surface area contributed by atoms with Crippen molar-refractivity contribution in [2.75, 3.05) is 10.8 Å². The third-order valence-corrected chi connectivity index (χ3v) is 7.96. The fourth-order valence-electron chi connectivity index (χ4n) is 4.06. The van der Waals surface area contributed by atoms with Gasteiger partial charge in [0.15, 0.2) is 0 Å². The van der Waals surface area contributed by atoms with Crippen LogP contribution < -0.4 is 9.62 Å². The summed E-state index contributed by atoms with van der Waals surface area (Å²) < 4.78 is 28.7. The largest absolute Gasteiger partial charge is 0.350 e. The molecule has 0 radical (unpaired) electrons. The molecule has 0 spiro atoms. The molecular weight excluding hydrogens is 498 g/mol. The maximum Gasteiger partial charge on any atom is 0.264 e. The van der Waals surface area contributed by atoms with Crippen LogP contribution in [0.15, 0.2) is 83.8 Å². The van der Waals surface area contributed by atoms with Crippen molar-refractivity contribution in [3.63, 3.8) is 0 Å². The lowest BCUT2D eigenvalue weighted by molar-refractivity contribution is -0.140. The van der Waals surface area contributed by atoms with E-state index in [0.717, 1.165) is 21.0 Å². The molecule has 3 aromatic carbocycles. The van der Waals surface area contributed by atoms with Crippen molar-refractivity contribution in [2.45, 2.75) is 64.6 Å². The second-order valence-corrected chi connectivity index (χ2v) is 12.4. The predicted octanol–water partition coefficient (Wildman–Crippen LogP) is 4.83. The van der Waals surface area contributed by atoms with E-state index in [1.54, 1.807) is 43.3 Å². The van der Waals surface area contributed by atoms with E-state index < -0.39 is 34.1 Å². The predicted molar refractivity (Wildman–Crippen MR) is 151 cm³/mol. The van der Waals surface area contributed by atoms with Gasteiger partial charge in [0, 0.05) is 12.1 Å². The number of anilines is 1. The summed E-state index contributed by atoms with van der Waals surface area (Å²) in [5.74, 6) is -0.793. The van der Waals surface area contributed by atoms with Crippen LogP contribution in [0.5, 0.6) is 0 Å². The molecule has 202 valence electrons. The Morgan fingerprint density at radius 2 is 1.53 bits per heavy atom. The molecule has 1 N–H and O–H groups in total. The van der Waals surface area contributed by atoms with Gasteiger partial charge in [0.25, 0.3) is 10.0 Å². The van der Waals surface area contributed by atoms with Crippen LogP contribution >= 0.6 is 0 Å². The third kappa shape index (κ3) is 7.22. The maximum atomic E-state index is 14.0. The average Bonchev–Trinajstić information content (AvgIpc) is 2.85. The number of hydrogen-bond donors (Lipinski definition) is 1. The smallest absolute Gasteiger partial charge is 0.264 e. The molecule has 0 aliphatic carbocycles. The number of benzene rings is 3. The summed E-state index contributed by atoms with van der Waals surface area (Å²) in [6.45, 7) is 10.8. The molecular formula is C30H37N3O4S. The number of amides is 2. The summed E-state index contributed by atoms with van der Waals surface area (Å²) in [6.07, 6.45) is 0. The lowest BCUT2D eigenvalue weighted by Crippen LogP contribution is -2.54. The quantitative estimate of drug-likeness (QED) is 0.425. The molecule has 0 fully saturated rings. The Hall–Kier alpha value is -3.65. The first-order valence-corrected chi connectivity index (χ1v) is 14.0. The lowest BCUT2D eigenvalue weighted by Gasteiger charge is -2.33. The molecule has 0 aliphatic heterocycles. The summed E-state index contributed by atoms with van der Waals surface area (Å²) in [7, 11) is -4.07. The van der Waals surface area contributed by atoms with Gasteiger partial charge in [0.2, 0.25) is 11.8 Å². The van der Waals surface area contributed by atoms with Crippen molar-refractivity contribution < 1.29 is 18.0 Å². The Bertz CT molecular complexity index is 1380. The summed E-state index contributed by atoms with van der Waals surface area (Å²) in [4.78, 5) is 28.7. The molecule has 8 heteroatoms. The van der Waals surface area contributed by atoms with Gasteiger partial charge in [-0.25, -0.2) is 8.42 Å². The third-order valence-electron chi connectivity index (χ3n) is 6.17. The van der Waals surface area contributed by atoms with Gasteiger partial charge in [0.1, 0.15) is 12.6 Å². The molecule has 0 aromatic heterocycles. The van der Waals surface area contributed by atoms with Crippen LogP contribution in [0.3, 0.4) is 0 Å². The van der Waals surface area contributed by atoms with Gasteiger partial charge in [-0.1, -0.05) is 54.6 Å². The SMILES string of the molecule is Cc1cccc(N(CC(=O)N(Cc2ccccc2C)[C@H](C)C(=O)NC(C)(C)C)S(=O)(=O)c2ccccc2)c1. The lowest BCUT2D eigenvalue weighted by atomic mass is 10.1. The molecule has 38 heavy (non-hydrogen) atoms. The van der Waals surface area contributed by atoms with Crippen LogP contribution in [0.1, 0.15) is 44.4 Å². The van der Waals surface area contributed by atoms with E-state index in [0.29, 0.717) is 5.69 Å². The molecule has 0 bridgehead atoms. The Balaban J connectivity index is 2.04. The van der Waals surface area contributed by atoms with Gasteiger partial charge in [-0.05, 0) is 82.5 Å². The van der Waals surface area contributed by atoms with Crippen molar-refractivity contribution in [3.8, 4) is 0 Å². The minimum absolute atomic E-state index is 0.0817. The fraction of sp³-hybridized carbons (Fsp3) is 0.333. The monoisotopic (exact) mass is 535 g/mol. The second kappa shape index (κ2) is 11.8. The van der Waals surface area contributed by atoms with Crippen molar-refractivity contribution in [1.82, 2.24) is 10.2 Å². The van der Waals surface area contributed by atoms with Crippen LogP contribution in [0.25, 0.3) is 0 Å². The zero-order valence-corrected chi connectivity index (χ0v) is 23.7. The highest BCUT2D eigenvalue weighted by atomic mass is 32.2. The van der Waals surface area contributed by atoms with Gasteiger partial charge >= 0.3 is 0 Å². The van der Waals surface area contributed by atoms with Crippen molar-refractivity contribution in [2.24, 2.45) is 0 Å². The van der Waals surface area contributed by atoms with Gasteiger partial charge in [-0.15, -0.1) is 0 Å². The van der Waals surface area contributed by atoms with E-state index in [1.807, 2.05) is 65.0 Å². The highest BCUT2D eigenvalue weighted by molar-refractivity contribution is 7.92. The van der Waals surface area contributed by atoms with Crippen LogP contribution in [0.4, 0.5) is 5.69 Å². The molecule has 7 nitrogen and oxygen atoms in total. The Kier molecular flexibility index (Phi) is 8.99. The molecule has 3 aromatic rings. The van der Waals surface area contributed by atoms with E-state index in [9.17, 15) is 18.0 Å². The first-order valence-electron chi connectivity index (χ1n) is 12.6. The van der Waals surface area contributed by atoms with E-state index >= 15 is 0 Å². The van der Waals surface area contributed by atoms with E-state index in [2.05, 4.69) is 5.32 Å². The number of hydrogen-bond acceptors (Lipinski definition) is 4. The highest BCUT2D eigenvalue weighted by Gasteiger charge is 2.33. The molecule has 0 aliphatic rings.